The van der Waals surface area contributed by atoms with E-state index in [-0.39, 0.29) is 18.6 Å². The van der Waals surface area contributed by atoms with Gasteiger partial charge in [0.2, 0.25) is 5.91 Å². The Bertz CT molecular complexity index is 702. The second-order valence-electron chi connectivity index (χ2n) is 5.15. The number of ether oxygens (including phenoxy) is 1. The standard InChI is InChI=1S/C18H19FN2O3/c1-2-13-7-9-15(10-8-13)24-12-18(23)21-20-17(22)11-14-5-3-4-6-16(14)19/h3-10H,2,11-12H2,1H3,(H,20,22)(H,21,23). The number of amides is 2. The van der Waals surface area contributed by atoms with Gasteiger partial charge in [-0.25, -0.2) is 4.39 Å². The van der Waals surface area contributed by atoms with E-state index >= 15 is 0 Å². The van der Waals surface area contributed by atoms with E-state index in [1.807, 2.05) is 19.1 Å². The first-order valence-electron chi connectivity index (χ1n) is 7.61. The molecule has 0 saturated heterocycles. The number of hydrazine groups is 1. The van der Waals surface area contributed by atoms with Crippen molar-refractivity contribution in [2.24, 2.45) is 0 Å². The van der Waals surface area contributed by atoms with Crippen molar-refractivity contribution in [3.05, 3.63) is 65.5 Å². The van der Waals surface area contributed by atoms with Crippen LogP contribution in [-0.2, 0) is 22.4 Å². The van der Waals surface area contributed by atoms with Crippen LogP contribution in [0, 0.1) is 5.82 Å². The first-order valence-corrected chi connectivity index (χ1v) is 7.61. The van der Waals surface area contributed by atoms with Gasteiger partial charge in [0.05, 0.1) is 6.42 Å². The summed E-state index contributed by atoms with van der Waals surface area (Å²) in [6.07, 6.45) is 0.765. The molecule has 0 saturated carbocycles. The number of benzene rings is 2. The fourth-order valence-electron chi connectivity index (χ4n) is 2.00. The number of nitrogens with one attached hydrogen (secondary N) is 2. The molecule has 0 fully saturated rings. The van der Waals surface area contributed by atoms with Gasteiger partial charge < -0.3 is 4.74 Å². The molecule has 0 atom stereocenters. The highest BCUT2D eigenvalue weighted by Gasteiger charge is 2.09. The lowest BCUT2D eigenvalue weighted by Crippen LogP contribution is -2.44. The summed E-state index contributed by atoms with van der Waals surface area (Å²) in [7, 11) is 0. The molecular weight excluding hydrogens is 311 g/mol. The van der Waals surface area contributed by atoms with E-state index in [0.29, 0.717) is 5.75 Å². The van der Waals surface area contributed by atoms with Crippen LogP contribution in [0.15, 0.2) is 48.5 Å². The fourth-order valence-corrected chi connectivity index (χ4v) is 2.00. The summed E-state index contributed by atoms with van der Waals surface area (Å²) in [5, 5.41) is 0. The van der Waals surface area contributed by atoms with Crippen molar-refractivity contribution in [3.63, 3.8) is 0 Å². The molecule has 2 rings (SSSR count). The number of rotatable bonds is 6. The maximum Gasteiger partial charge on any atom is 0.276 e. The smallest absolute Gasteiger partial charge is 0.276 e. The van der Waals surface area contributed by atoms with Crippen molar-refractivity contribution in [2.75, 3.05) is 6.61 Å². The van der Waals surface area contributed by atoms with Crippen molar-refractivity contribution in [3.8, 4) is 5.75 Å². The maximum atomic E-state index is 13.4. The average molecular weight is 330 g/mol. The molecule has 0 radical (unpaired) electrons. The van der Waals surface area contributed by atoms with E-state index < -0.39 is 17.6 Å². The van der Waals surface area contributed by atoms with Gasteiger partial charge in [0.1, 0.15) is 11.6 Å². The monoisotopic (exact) mass is 330 g/mol. The van der Waals surface area contributed by atoms with E-state index in [9.17, 15) is 14.0 Å². The van der Waals surface area contributed by atoms with E-state index in [1.54, 1.807) is 24.3 Å². The van der Waals surface area contributed by atoms with Crippen LogP contribution in [0.2, 0.25) is 0 Å². The number of carbonyl (C=O) groups excluding carboxylic acids is 2. The summed E-state index contributed by atoms with van der Waals surface area (Å²) in [5.74, 6) is -0.907. The maximum absolute atomic E-state index is 13.4. The summed E-state index contributed by atoms with van der Waals surface area (Å²) >= 11 is 0. The molecule has 2 aromatic rings. The Morgan fingerprint density at radius 2 is 1.67 bits per heavy atom. The summed E-state index contributed by atoms with van der Waals surface area (Å²) < 4.78 is 18.7. The third-order valence-electron chi connectivity index (χ3n) is 3.35. The van der Waals surface area contributed by atoms with Crippen molar-refractivity contribution < 1.29 is 18.7 Å². The van der Waals surface area contributed by atoms with Crippen LogP contribution in [0.4, 0.5) is 4.39 Å². The third-order valence-corrected chi connectivity index (χ3v) is 3.35. The lowest BCUT2D eigenvalue weighted by Gasteiger charge is -2.09. The lowest BCUT2D eigenvalue weighted by atomic mass is 10.1. The van der Waals surface area contributed by atoms with Crippen LogP contribution in [0.25, 0.3) is 0 Å². The molecule has 0 heterocycles. The van der Waals surface area contributed by atoms with Gasteiger partial charge in [-0.2, -0.15) is 0 Å². The zero-order valence-electron chi connectivity index (χ0n) is 13.3. The van der Waals surface area contributed by atoms with Gasteiger partial charge >= 0.3 is 0 Å². The van der Waals surface area contributed by atoms with E-state index in [2.05, 4.69) is 10.9 Å². The van der Waals surface area contributed by atoms with Crippen LogP contribution >= 0.6 is 0 Å². The normalized spacial score (nSPS) is 10.1. The fraction of sp³-hybridized carbons (Fsp3) is 0.222. The highest BCUT2D eigenvalue weighted by Crippen LogP contribution is 2.12. The number of halogens is 1. The molecule has 0 unspecified atom stereocenters. The largest absolute Gasteiger partial charge is 0.484 e. The summed E-state index contributed by atoms with van der Waals surface area (Å²) in [6, 6.07) is 13.4. The van der Waals surface area contributed by atoms with Crippen molar-refractivity contribution in [1.29, 1.82) is 0 Å². The van der Waals surface area contributed by atoms with E-state index in [1.165, 1.54) is 17.7 Å². The Morgan fingerprint density at radius 3 is 2.33 bits per heavy atom. The van der Waals surface area contributed by atoms with Gasteiger partial charge in [0.25, 0.3) is 5.91 Å². The SMILES string of the molecule is CCc1ccc(OCC(=O)NNC(=O)Cc2ccccc2F)cc1. The minimum absolute atomic E-state index is 0.160. The minimum atomic E-state index is -0.513. The Hall–Kier alpha value is -2.89. The Morgan fingerprint density at radius 1 is 1.00 bits per heavy atom. The van der Waals surface area contributed by atoms with Crippen molar-refractivity contribution in [1.82, 2.24) is 10.9 Å². The highest BCUT2D eigenvalue weighted by atomic mass is 19.1. The van der Waals surface area contributed by atoms with Gasteiger partial charge in [0, 0.05) is 0 Å². The Labute approximate surface area is 139 Å². The molecule has 0 bridgehead atoms. The molecule has 6 heteroatoms. The lowest BCUT2D eigenvalue weighted by molar-refractivity contribution is -0.129. The molecule has 0 aliphatic carbocycles. The number of hydrogen-bond acceptors (Lipinski definition) is 3. The van der Waals surface area contributed by atoms with Crippen LogP contribution in [-0.4, -0.2) is 18.4 Å². The Kier molecular flexibility index (Phi) is 6.31. The third kappa shape index (κ3) is 5.39. The molecule has 0 spiro atoms. The Balaban J connectivity index is 1.72. The van der Waals surface area contributed by atoms with Crippen LogP contribution in [0.1, 0.15) is 18.1 Å². The molecule has 2 amide bonds. The average Bonchev–Trinajstić information content (AvgIpc) is 2.60. The molecule has 0 aromatic heterocycles. The van der Waals surface area contributed by atoms with Crippen LogP contribution < -0.4 is 15.6 Å². The summed E-state index contributed by atoms with van der Waals surface area (Å²) in [4.78, 5) is 23.3. The van der Waals surface area contributed by atoms with Gasteiger partial charge in [-0.15, -0.1) is 0 Å². The highest BCUT2D eigenvalue weighted by molar-refractivity contribution is 5.83. The summed E-state index contributed by atoms with van der Waals surface area (Å²) in [5.41, 5.74) is 5.89. The second kappa shape index (κ2) is 8.67. The molecule has 0 aliphatic rings. The zero-order chi connectivity index (χ0) is 17.4. The first-order chi connectivity index (χ1) is 11.6. The quantitative estimate of drug-likeness (QED) is 0.798. The number of carbonyl (C=O) groups is 2. The van der Waals surface area contributed by atoms with Crippen LogP contribution in [0.3, 0.4) is 0 Å². The van der Waals surface area contributed by atoms with Crippen LogP contribution in [0.5, 0.6) is 5.75 Å². The zero-order valence-corrected chi connectivity index (χ0v) is 13.3. The molecular formula is C18H19FN2O3. The topological polar surface area (TPSA) is 67.4 Å². The minimum Gasteiger partial charge on any atom is -0.484 e. The van der Waals surface area contributed by atoms with Gasteiger partial charge in [-0.05, 0) is 35.7 Å². The van der Waals surface area contributed by atoms with E-state index in [0.717, 1.165) is 6.42 Å². The van der Waals surface area contributed by atoms with E-state index in [4.69, 9.17) is 4.74 Å². The summed E-state index contributed by atoms with van der Waals surface area (Å²) in [6.45, 7) is 1.82. The van der Waals surface area contributed by atoms with Gasteiger partial charge in [0.15, 0.2) is 6.61 Å². The van der Waals surface area contributed by atoms with Crippen molar-refractivity contribution in [2.45, 2.75) is 19.8 Å². The molecule has 5 nitrogen and oxygen atoms in total. The second-order valence-corrected chi connectivity index (χ2v) is 5.15. The van der Waals surface area contributed by atoms with Crippen molar-refractivity contribution >= 4 is 11.8 Å². The number of aryl methyl sites for hydroxylation is 1. The predicted molar refractivity (Wildman–Crippen MR) is 87.7 cm³/mol. The molecule has 2 aromatic carbocycles. The van der Waals surface area contributed by atoms with Gasteiger partial charge in [-0.3, -0.25) is 20.4 Å². The molecule has 126 valence electrons. The van der Waals surface area contributed by atoms with Gasteiger partial charge in [-0.1, -0.05) is 37.3 Å². The number of hydrogen-bond donors (Lipinski definition) is 2. The molecule has 0 aliphatic heterocycles. The first kappa shape index (κ1) is 17.5. The molecule has 24 heavy (non-hydrogen) atoms. The molecule has 2 N–H and O–H groups in total. The predicted octanol–water partition coefficient (Wildman–Crippen LogP) is 2.16.